The van der Waals surface area contributed by atoms with Gasteiger partial charge in [0.2, 0.25) is 5.89 Å². The summed E-state index contributed by atoms with van der Waals surface area (Å²) < 4.78 is 9.09. The van der Waals surface area contributed by atoms with Crippen LogP contribution in [0.3, 0.4) is 0 Å². The van der Waals surface area contributed by atoms with Crippen molar-refractivity contribution in [3.8, 4) is 22.8 Å². The van der Waals surface area contributed by atoms with E-state index in [1.807, 2.05) is 36.6 Å². The van der Waals surface area contributed by atoms with Gasteiger partial charge >= 0.3 is 0 Å². The first-order chi connectivity index (χ1) is 16.0. The first-order valence-electron chi connectivity index (χ1n) is 10.4. The molecule has 5 rings (SSSR count). The molecule has 0 saturated carbocycles. The number of rotatable bonds is 7. The molecular weight excluding hydrogens is 422 g/mol. The maximum atomic E-state index is 13.1. The Balaban J connectivity index is 1.55. The number of aryl methyl sites for hydroxylation is 1. The molecule has 0 radical (unpaired) electrons. The largest absolute Gasteiger partial charge is 0.443 e. The highest BCUT2D eigenvalue weighted by atomic mass is 16.3. The van der Waals surface area contributed by atoms with Crippen molar-refractivity contribution in [1.82, 2.24) is 39.3 Å². The van der Waals surface area contributed by atoms with Crippen LogP contribution in [0.15, 0.2) is 53.8 Å². The molecule has 166 valence electrons. The Morgan fingerprint density at radius 3 is 2.82 bits per heavy atom. The quantitative estimate of drug-likeness (QED) is 0.375. The molecule has 0 aliphatic carbocycles. The highest BCUT2D eigenvalue weighted by molar-refractivity contribution is 5.99. The van der Waals surface area contributed by atoms with Crippen LogP contribution in [0.1, 0.15) is 29.5 Å². The molecule has 1 atom stereocenters. The number of aromatic nitrogens is 8. The molecule has 0 spiro atoms. The standard InChI is InChI=1S/C22H21N9O2/c1-13(11-30-7-5-26-29-30)9-16(32)19-21(23)28-20(22-24-6-8-33-22)18(27-19)15-3-4-17-25-10-14(2)31(17)12-15/h3-8,10,12-13H,9,11H2,1-2H3,(H2,23,28)/t13-/m0/s1. The Bertz CT molecular complexity index is 1420. The third kappa shape index (κ3) is 3.95. The number of fused-ring (bicyclic) bond motifs is 1. The van der Waals surface area contributed by atoms with Crippen LogP contribution < -0.4 is 5.73 Å². The molecule has 0 saturated heterocycles. The zero-order valence-corrected chi connectivity index (χ0v) is 18.1. The van der Waals surface area contributed by atoms with Crippen LogP contribution in [0, 0.1) is 12.8 Å². The molecule has 0 bridgehead atoms. The Kier molecular flexibility index (Phi) is 5.13. The van der Waals surface area contributed by atoms with E-state index in [0.29, 0.717) is 17.9 Å². The van der Waals surface area contributed by atoms with Gasteiger partial charge in [-0.25, -0.2) is 19.9 Å². The van der Waals surface area contributed by atoms with Crippen molar-refractivity contribution in [2.24, 2.45) is 5.92 Å². The van der Waals surface area contributed by atoms with Gasteiger partial charge in [0, 0.05) is 42.8 Å². The van der Waals surface area contributed by atoms with E-state index in [1.54, 1.807) is 23.3 Å². The van der Waals surface area contributed by atoms with Crippen LogP contribution in [0.5, 0.6) is 0 Å². The molecule has 5 aromatic rings. The van der Waals surface area contributed by atoms with Gasteiger partial charge in [0.05, 0.1) is 12.4 Å². The normalized spacial score (nSPS) is 12.3. The lowest BCUT2D eigenvalue weighted by Crippen LogP contribution is -2.17. The van der Waals surface area contributed by atoms with E-state index in [9.17, 15) is 4.79 Å². The van der Waals surface area contributed by atoms with E-state index >= 15 is 0 Å². The second-order valence-electron chi connectivity index (χ2n) is 7.90. The summed E-state index contributed by atoms with van der Waals surface area (Å²) in [4.78, 5) is 30.8. The van der Waals surface area contributed by atoms with E-state index < -0.39 is 0 Å². The van der Waals surface area contributed by atoms with Crippen molar-refractivity contribution < 1.29 is 9.21 Å². The summed E-state index contributed by atoms with van der Waals surface area (Å²) in [5, 5.41) is 7.75. The summed E-state index contributed by atoms with van der Waals surface area (Å²) in [5.41, 5.74) is 9.61. The second kappa shape index (κ2) is 8.26. The number of imidazole rings is 1. The summed E-state index contributed by atoms with van der Waals surface area (Å²) in [7, 11) is 0. The minimum Gasteiger partial charge on any atom is -0.443 e. The van der Waals surface area contributed by atoms with E-state index in [2.05, 4.69) is 30.2 Å². The van der Waals surface area contributed by atoms with Gasteiger partial charge < -0.3 is 14.6 Å². The molecular formula is C22H21N9O2. The number of carbonyl (C=O) groups is 1. The van der Waals surface area contributed by atoms with Gasteiger partial charge in [-0.05, 0) is 25.0 Å². The Morgan fingerprint density at radius 1 is 1.18 bits per heavy atom. The maximum Gasteiger partial charge on any atom is 0.247 e. The van der Waals surface area contributed by atoms with Crippen molar-refractivity contribution in [3.05, 3.63) is 60.8 Å². The molecule has 0 amide bonds. The average Bonchev–Trinajstić information content (AvgIpc) is 3.56. The number of hydrogen-bond acceptors (Lipinski definition) is 9. The highest BCUT2D eigenvalue weighted by Gasteiger charge is 2.23. The van der Waals surface area contributed by atoms with Gasteiger partial charge in [0.1, 0.15) is 23.3 Å². The number of hydrogen-bond donors (Lipinski definition) is 1. The van der Waals surface area contributed by atoms with Gasteiger partial charge in [0.15, 0.2) is 17.3 Å². The van der Waals surface area contributed by atoms with Crippen LogP contribution in [0.4, 0.5) is 5.82 Å². The molecule has 5 aromatic heterocycles. The lowest BCUT2D eigenvalue weighted by Gasteiger charge is -2.13. The van der Waals surface area contributed by atoms with E-state index in [1.165, 1.54) is 12.5 Å². The molecule has 0 unspecified atom stereocenters. The van der Waals surface area contributed by atoms with Crippen LogP contribution >= 0.6 is 0 Å². The smallest absolute Gasteiger partial charge is 0.247 e. The Labute approximate surface area is 188 Å². The number of nitrogens with two attached hydrogens (primary N) is 1. The van der Waals surface area contributed by atoms with Crippen LogP contribution in [-0.2, 0) is 6.54 Å². The lowest BCUT2D eigenvalue weighted by atomic mass is 10.0. The number of oxazole rings is 1. The number of nitrogens with zero attached hydrogens (tertiary/aromatic N) is 8. The first kappa shape index (κ1) is 20.5. The third-order valence-electron chi connectivity index (χ3n) is 5.29. The average molecular weight is 443 g/mol. The van der Waals surface area contributed by atoms with Crippen LogP contribution in [-0.4, -0.2) is 45.1 Å². The van der Waals surface area contributed by atoms with Crippen molar-refractivity contribution in [2.75, 3.05) is 5.73 Å². The number of pyridine rings is 1. The van der Waals surface area contributed by atoms with Gasteiger partial charge in [-0.15, -0.1) is 5.10 Å². The van der Waals surface area contributed by atoms with Gasteiger partial charge in [-0.3, -0.25) is 9.48 Å². The zero-order valence-electron chi connectivity index (χ0n) is 18.1. The molecule has 0 aliphatic rings. The number of nitrogen functional groups attached to an aromatic ring is 1. The second-order valence-corrected chi connectivity index (χ2v) is 7.90. The fraction of sp³-hybridized carbons (Fsp3) is 0.227. The molecule has 11 nitrogen and oxygen atoms in total. The number of carbonyl (C=O) groups excluding carboxylic acids is 1. The van der Waals surface area contributed by atoms with E-state index in [4.69, 9.17) is 10.2 Å². The topological polar surface area (TPSA) is 143 Å². The van der Waals surface area contributed by atoms with Crippen molar-refractivity contribution in [1.29, 1.82) is 0 Å². The highest BCUT2D eigenvalue weighted by Crippen LogP contribution is 2.31. The van der Waals surface area contributed by atoms with Crippen molar-refractivity contribution in [2.45, 2.75) is 26.8 Å². The lowest BCUT2D eigenvalue weighted by molar-refractivity contribution is 0.0955. The van der Waals surface area contributed by atoms with E-state index in [0.717, 1.165) is 16.9 Å². The van der Waals surface area contributed by atoms with Gasteiger partial charge in [-0.1, -0.05) is 12.1 Å². The molecule has 5 heterocycles. The molecule has 0 aromatic carbocycles. The SMILES string of the molecule is Cc1cnc2ccc(-c3nc(C(=O)C[C@H](C)Cn4ccnn4)c(N)nc3-c3ncco3)cn12. The summed E-state index contributed by atoms with van der Waals surface area (Å²) in [6, 6.07) is 3.75. The number of Topliss-reactive ketones (excluding diaryl/α,β-unsaturated/α-hetero) is 1. The van der Waals surface area contributed by atoms with Crippen molar-refractivity contribution in [3.63, 3.8) is 0 Å². The fourth-order valence-corrected chi connectivity index (χ4v) is 3.71. The Hall–Kier alpha value is -4.41. The summed E-state index contributed by atoms with van der Waals surface area (Å²) >= 11 is 0. The molecule has 11 heteroatoms. The molecule has 0 fully saturated rings. The predicted octanol–water partition coefficient (Wildman–Crippen LogP) is 2.84. The maximum absolute atomic E-state index is 13.1. The van der Waals surface area contributed by atoms with Crippen molar-refractivity contribution >= 4 is 17.2 Å². The van der Waals surface area contributed by atoms with Crippen LogP contribution in [0.25, 0.3) is 28.5 Å². The number of anilines is 1. The van der Waals surface area contributed by atoms with Crippen LogP contribution in [0.2, 0.25) is 0 Å². The monoisotopic (exact) mass is 443 g/mol. The predicted molar refractivity (Wildman–Crippen MR) is 119 cm³/mol. The number of ketones is 1. The third-order valence-corrected chi connectivity index (χ3v) is 5.29. The zero-order chi connectivity index (χ0) is 22.9. The summed E-state index contributed by atoms with van der Waals surface area (Å²) in [5.74, 6) is 0.0999. The molecule has 33 heavy (non-hydrogen) atoms. The Morgan fingerprint density at radius 2 is 2.06 bits per heavy atom. The first-order valence-corrected chi connectivity index (χ1v) is 10.4. The van der Waals surface area contributed by atoms with E-state index in [-0.39, 0.29) is 35.5 Å². The molecule has 2 N–H and O–H groups in total. The summed E-state index contributed by atoms with van der Waals surface area (Å²) in [6.45, 7) is 4.47. The minimum atomic E-state index is -0.201. The van der Waals surface area contributed by atoms with Gasteiger partial charge in [0.25, 0.3) is 0 Å². The molecule has 0 aliphatic heterocycles. The summed E-state index contributed by atoms with van der Waals surface area (Å²) in [6.07, 6.45) is 10.2. The fourth-order valence-electron chi connectivity index (χ4n) is 3.71. The minimum absolute atomic E-state index is 0.000199. The van der Waals surface area contributed by atoms with Gasteiger partial charge in [-0.2, -0.15) is 0 Å².